The Bertz CT molecular complexity index is 1200. The number of nitrogens with one attached hydrogen (secondary N) is 1. The van der Waals surface area contributed by atoms with Crippen LogP contribution in [0.25, 0.3) is 5.69 Å². The average molecular weight is 533 g/mol. The largest absolute Gasteiger partial charge is 0.383 e. The molecule has 1 aliphatic rings. The van der Waals surface area contributed by atoms with Crippen LogP contribution in [-0.4, -0.2) is 54.2 Å². The van der Waals surface area contributed by atoms with Crippen LogP contribution in [0.15, 0.2) is 41.1 Å². The normalized spacial score (nSPS) is 16.2. The predicted octanol–water partition coefficient (Wildman–Crippen LogP) is 4.82. The number of halogens is 1. The highest BCUT2D eigenvalue weighted by atomic mass is 35.5. The number of ether oxygens (including phenoxy) is 1. The first-order chi connectivity index (χ1) is 16.7. The van der Waals surface area contributed by atoms with E-state index in [9.17, 15) is 9.59 Å². The molecule has 2 aromatic heterocycles. The topological polar surface area (TPSA) is 76.5 Å². The van der Waals surface area contributed by atoms with Crippen LogP contribution in [0, 0.1) is 0 Å². The molecule has 0 saturated heterocycles. The summed E-state index contributed by atoms with van der Waals surface area (Å²) in [6.45, 7) is 7.00. The Hall–Kier alpha value is -2.33. The van der Waals surface area contributed by atoms with E-state index < -0.39 is 0 Å². The molecular formula is C25H29ClN4O3S2. The molecule has 1 aromatic carbocycles. The molecule has 0 saturated carbocycles. The second-order valence-electron chi connectivity index (χ2n) is 9.30. The molecule has 4 rings (SSSR count). The quantitative estimate of drug-likeness (QED) is 0.442. The molecule has 1 N–H and O–H groups in total. The molecule has 3 aromatic rings. The lowest BCUT2D eigenvalue weighted by Gasteiger charge is -2.24. The number of thioether (sulfide) groups is 1. The van der Waals surface area contributed by atoms with Gasteiger partial charge in [0.05, 0.1) is 29.0 Å². The van der Waals surface area contributed by atoms with Gasteiger partial charge in [0, 0.05) is 29.7 Å². The molecule has 0 aliphatic carbocycles. The van der Waals surface area contributed by atoms with Gasteiger partial charge in [0.2, 0.25) is 11.8 Å². The Kier molecular flexibility index (Phi) is 7.90. The molecule has 0 radical (unpaired) electrons. The summed E-state index contributed by atoms with van der Waals surface area (Å²) in [4.78, 5) is 27.9. The first-order valence-electron chi connectivity index (χ1n) is 11.3. The van der Waals surface area contributed by atoms with Gasteiger partial charge >= 0.3 is 0 Å². The van der Waals surface area contributed by atoms with Gasteiger partial charge in [-0.3, -0.25) is 14.5 Å². The second-order valence-corrected chi connectivity index (χ2v) is 11.6. The highest BCUT2D eigenvalue weighted by Crippen LogP contribution is 2.48. The summed E-state index contributed by atoms with van der Waals surface area (Å²) in [6.07, 6.45) is 0. The molecule has 1 aliphatic heterocycles. The zero-order chi connectivity index (χ0) is 25.2. The van der Waals surface area contributed by atoms with Gasteiger partial charge in [-0.05, 0) is 40.6 Å². The first kappa shape index (κ1) is 25.8. The summed E-state index contributed by atoms with van der Waals surface area (Å²) >= 11 is 9.53. The van der Waals surface area contributed by atoms with Gasteiger partial charge in [-0.15, -0.1) is 11.8 Å². The average Bonchev–Trinajstić information content (AvgIpc) is 3.44. The van der Waals surface area contributed by atoms with Crippen LogP contribution in [0.2, 0.25) is 5.02 Å². The van der Waals surface area contributed by atoms with Crippen molar-refractivity contribution in [2.45, 2.75) is 31.4 Å². The van der Waals surface area contributed by atoms with Crippen molar-refractivity contribution in [2.24, 2.45) is 0 Å². The van der Waals surface area contributed by atoms with Crippen molar-refractivity contribution in [1.82, 2.24) is 15.1 Å². The molecule has 1 atom stereocenters. The number of carbonyl (C=O) groups excluding carboxylic acids is 2. The zero-order valence-electron chi connectivity index (χ0n) is 20.2. The summed E-state index contributed by atoms with van der Waals surface area (Å²) in [5.74, 6) is 0.473. The third-order valence-corrected chi connectivity index (χ3v) is 7.82. The molecule has 35 heavy (non-hydrogen) atoms. The van der Waals surface area contributed by atoms with Crippen LogP contribution in [-0.2, 0) is 19.7 Å². The number of hydrogen-bond donors (Lipinski definition) is 1. The Morgan fingerprint density at radius 2 is 2.11 bits per heavy atom. The second kappa shape index (κ2) is 10.7. The number of hydrogen-bond acceptors (Lipinski definition) is 6. The van der Waals surface area contributed by atoms with Crippen molar-refractivity contribution < 1.29 is 14.3 Å². The fourth-order valence-corrected chi connectivity index (χ4v) is 6.18. The van der Waals surface area contributed by atoms with Crippen molar-refractivity contribution in [3.63, 3.8) is 0 Å². The Labute approximate surface area is 218 Å². The lowest BCUT2D eigenvalue weighted by Crippen LogP contribution is -2.43. The molecule has 3 heterocycles. The van der Waals surface area contributed by atoms with Crippen LogP contribution in [0.1, 0.15) is 42.8 Å². The number of amides is 2. The van der Waals surface area contributed by atoms with Crippen LogP contribution in [0.3, 0.4) is 0 Å². The number of methoxy groups -OCH3 is 1. The predicted molar refractivity (Wildman–Crippen MR) is 143 cm³/mol. The summed E-state index contributed by atoms with van der Waals surface area (Å²) in [7, 11) is 1.58. The van der Waals surface area contributed by atoms with E-state index in [0.717, 1.165) is 22.5 Å². The third kappa shape index (κ3) is 5.58. The molecular weight excluding hydrogens is 504 g/mol. The highest BCUT2D eigenvalue weighted by Gasteiger charge is 2.40. The van der Waals surface area contributed by atoms with E-state index in [1.165, 1.54) is 0 Å². The van der Waals surface area contributed by atoms with Crippen molar-refractivity contribution in [3.8, 4) is 5.69 Å². The van der Waals surface area contributed by atoms with Crippen LogP contribution < -0.4 is 10.2 Å². The number of anilines is 1. The molecule has 1 unspecified atom stereocenters. The Morgan fingerprint density at radius 3 is 2.77 bits per heavy atom. The highest BCUT2D eigenvalue weighted by molar-refractivity contribution is 8.00. The van der Waals surface area contributed by atoms with Gasteiger partial charge in [-0.25, -0.2) is 4.68 Å². The lowest BCUT2D eigenvalue weighted by atomic mass is 9.87. The SMILES string of the molecule is COCCNC(=O)CN1C(=O)CSC(c2ccsc2)c2c(C(C)(C)C)nn(-c3cccc(Cl)c3)c21. The number of rotatable bonds is 7. The smallest absolute Gasteiger partial charge is 0.240 e. The van der Waals surface area contributed by atoms with Gasteiger partial charge in [0.15, 0.2) is 0 Å². The van der Waals surface area contributed by atoms with Crippen molar-refractivity contribution in [1.29, 1.82) is 0 Å². The fourth-order valence-electron chi connectivity index (χ4n) is 4.04. The summed E-state index contributed by atoms with van der Waals surface area (Å²) in [5, 5.41) is 12.5. The number of nitrogens with zero attached hydrogens (tertiary/aromatic N) is 3. The molecule has 186 valence electrons. The van der Waals surface area contributed by atoms with Crippen molar-refractivity contribution in [2.75, 3.05) is 37.5 Å². The first-order valence-corrected chi connectivity index (χ1v) is 13.7. The van der Waals surface area contributed by atoms with E-state index in [0.29, 0.717) is 24.0 Å². The molecule has 10 heteroatoms. The van der Waals surface area contributed by atoms with Gasteiger partial charge in [0.25, 0.3) is 0 Å². The molecule has 0 bridgehead atoms. The Morgan fingerprint density at radius 1 is 1.31 bits per heavy atom. The monoisotopic (exact) mass is 532 g/mol. The van der Waals surface area contributed by atoms with Gasteiger partial charge < -0.3 is 10.1 Å². The van der Waals surface area contributed by atoms with E-state index >= 15 is 0 Å². The number of aromatic nitrogens is 2. The molecule has 7 nitrogen and oxygen atoms in total. The minimum absolute atomic E-state index is 0.0936. The maximum atomic E-state index is 13.5. The van der Waals surface area contributed by atoms with E-state index in [4.69, 9.17) is 21.4 Å². The van der Waals surface area contributed by atoms with E-state index in [1.54, 1.807) is 45.9 Å². The van der Waals surface area contributed by atoms with Gasteiger partial charge in [0.1, 0.15) is 12.4 Å². The number of carbonyl (C=O) groups is 2. The number of benzene rings is 1. The van der Waals surface area contributed by atoms with Gasteiger partial charge in [-0.1, -0.05) is 38.4 Å². The lowest BCUT2D eigenvalue weighted by molar-refractivity contribution is -0.123. The van der Waals surface area contributed by atoms with Crippen LogP contribution in [0.5, 0.6) is 0 Å². The van der Waals surface area contributed by atoms with Crippen LogP contribution >= 0.6 is 34.7 Å². The zero-order valence-corrected chi connectivity index (χ0v) is 22.6. The third-order valence-electron chi connectivity index (χ3n) is 5.63. The molecule has 0 spiro atoms. The van der Waals surface area contributed by atoms with E-state index in [1.807, 2.05) is 23.6 Å². The van der Waals surface area contributed by atoms with E-state index in [-0.39, 0.29) is 34.8 Å². The minimum Gasteiger partial charge on any atom is -0.383 e. The summed E-state index contributed by atoms with van der Waals surface area (Å²) in [5.41, 5.74) is 3.39. The number of thiophene rings is 1. The van der Waals surface area contributed by atoms with Crippen molar-refractivity contribution in [3.05, 3.63) is 62.9 Å². The van der Waals surface area contributed by atoms with Crippen LogP contribution in [0.4, 0.5) is 5.82 Å². The van der Waals surface area contributed by atoms with Gasteiger partial charge in [-0.2, -0.15) is 16.4 Å². The standard InChI is InChI=1S/C25H29ClN4O3S2/c1-25(2,3)23-21-22(16-8-11-34-14-16)35-15-20(32)29(13-19(31)27-9-10-33-4)24(21)30(28-23)18-7-5-6-17(26)12-18/h5-8,11-12,14,22H,9-10,13,15H2,1-4H3,(H,27,31). The summed E-state index contributed by atoms with van der Waals surface area (Å²) in [6, 6.07) is 9.47. The Balaban J connectivity index is 1.93. The molecule has 2 amide bonds. The summed E-state index contributed by atoms with van der Waals surface area (Å²) < 4.78 is 6.81. The number of fused-ring (bicyclic) bond motifs is 1. The maximum absolute atomic E-state index is 13.5. The minimum atomic E-state index is -0.303. The maximum Gasteiger partial charge on any atom is 0.240 e. The fraction of sp³-hybridized carbons (Fsp3) is 0.400. The molecule has 0 fully saturated rings. The van der Waals surface area contributed by atoms with Crippen molar-refractivity contribution >= 4 is 52.3 Å². The van der Waals surface area contributed by atoms with E-state index in [2.05, 4.69) is 37.5 Å².